The van der Waals surface area contributed by atoms with Crippen LogP contribution in [0.2, 0.25) is 45.8 Å². The average Bonchev–Trinajstić information content (AvgIpc) is 2.59. The standard InChI is InChI=1S/C18H29F13O3Si3/c1-35(2,3)33-37(7,34-36(4,5)6)12-8-10-32-11-9-13(19,20)14(21,22)15(23,24)16(25,26)17(27,28)18(29,30)31/h8,12H,9-11H2,1-7H3/b12-8+. The Kier molecular flexibility index (Phi) is 10.9. The quantitative estimate of drug-likeness (QED) is 0.111. The summed E-state index contributed by atoms with van der Waals surface area (Å²) in [5.74, 6) is -36.9. The lowest BCUT2D eigenvalue weighted by atomic mass is 9.93. The Balaban J connectivity index is 5.50. The predicted molar refractivity (Wildman–Crippen MR) is 116 cm³/mol. The first kappa shape index (κ1) is 36.4. The zero-order valence-electron chi connectivity index (χ0n) is 20.9. The number of halogens is 13. The van der Waals surface area contributed by atoms with Crippen LogP contribution in [0.3, 0.4) is 0 Å². The van der Waals surface area contributed by atoms with Crippen molar-refractivity contribution >= 4 is 25.2 Å². The highest BCUT2D eigenvalue weighted by molar-refractivity contribution is 6.89. The Bertz CT molecular complexity index is 772. The predicted octanol–water partition coefficient (Wildman–Crippen LogP) is 8.00. The van der Waals surface area contributed by atoms with Crippen LogP contribution in [0.1, 0.15) is 6.42 Å². The number of hydrogen-bond acceptors (Lipinski definition) is 3. The Morgan fingerprint density at radius 1 is 0.568 bits per heavy atom. The molecule has 0 N–H and O–H groups in total. The fraction of sp³-hybridized carbons (Fsp3) is 0.889. The molecule has 0 aliphatic rings. The second-order valence-corrected chi connectivity index (χ2v) is 22.6. The minimum atomic E-state index is -7.91. The number of hydrogen-bond donors (Lipinski definition) is 0. The highest BCUT2D eigenvalue weighted by Crippen LogP contribution is 2.60. The molecule has 0 amide bonds. The molecule has 0 bridgehead atoms. The lowest BCUT2D eigenvalue weighted by Gasteiger charge is -2.39. The molecule has 0 fully saturated rings. The highest BCUT2D eigenvalue weighted by Gasteiger charge is 2.90. The van der Waals surface area contributed by atoms with Gasteiger partial charge in [-0.15, -0.1) is 0 Å². The third-order valence-electron chi connectivity index (χ3n) is 4.21. The molecule has 0 spiro atoms. The van der Waals surface area contributed by atoms with Crippen LogP contribution in [0.4, 0.5) is 57.1 Å². The van der Waals surface area contributed by atoms with Crippen LogP contribution < -0.4 is 0 Å². The molecule has 0 saturated heterocycles. The van der Waals surface area contributed by atoms with Crippen molar-refractivity contribution in [2.24, 2.45) is 0 Å². The van der Waals surface area contributed by atoms with Gasteiger partial charge in [-0.05, 0) is 51.5 Å². The lowest BCUT2D eigenvalue weighted by Crippen LogP contribution is -2.70. The van der Waals surface area contributed by atoms with Crippen molar-refractivity contribution in [3.63, 3.8) is 0 Å². The molecule has 0 rings (SSSR count). The first-order chi connectivity index (χ1) is 15.9. The third-order valence-corrected chi connectivity index (χ3v) is 13.2. The topological polar surface area (TPSA) is 27.7 Å². The molecular formula is C18H29F13O3Si3. The van der Waals surface area contributed by atoms with Gasteiger partial charge < -0.3 is 13.0 Å². The molecule has 37 heavy (non-hydrogen) atoms. The van der Waals surface area contributed by atoms with Gasteiger partial charge in [-0.25, -0.2) is 0 Å². The largest absolute Gasteiger partial charge is 0.460 e. The summed E-state index contributed by atoms with van der Waals surface area (Å²) in [7, 11) is -7.27. The van der Waals surface area contributed by atoms with Gasteiger partial charge in [-0.3, -0.25) is 0 Å². The molecule has 0 aliphatic carbocycles. The maximum Gasteiger partial charge on any atom is 0.460 e. The Hall–Kier alpha value is -0.639. The van der Waals surface area contributed by atoms with Crippen LogP contribution >= 0.6 is 0 Å². The van der Waals surface area contributed by atoms with Crippen molar-refractivity contribution in [1.82, 2.24) is 0 Å². The van der Waals surface area contributed by atoms with Crippen LogP contribution in [0, 0.1) is 0 Å². The van der Waals surface area contributed by atoms with Gasteiger partial charge in [0.05, 0.1) is 13.2 Å². The summed E-state index contributed by atoms with van der Waals surface area (Å²) in [5.41, 5.74) is 1.46. The van der Waals surface area contributed by atoms with E-state index in [0.29, 0.717) is 0 Å². The van der Waals surface area contributed by atoms with Gasteiger partial charge in [0.1, 0.15) is 0 Å². The van der Waals surface area contributed by atoms with Crippen molar-refractivity contribution in [2.45, 2.75) is 88.0 Å². The number of ether oxygens (including phenoxy) is 1. The van der Waals surface area contributed by atoms with Crippen molar-refractivity contribution in [3.05, 3.63) is 11.8 Å². The maximum atomic E-state index is 13.8. The van der Waals surface area contributed by atoms with E-state index in [-0.39, 0.29) is 0 Å². The SMILES string of the molecule is C[Si](C)(C)O[Si](C)(/C=C/COCCC(F)(F)C(F)(F)C(F)(F)C(F)(F)C(F)(F)C(F)(F)F)O[Si](C)(C)C. The van der Waals surface area contributed by atoms with Crippen molar-refractivity contribution < 1.29 is 70.0 Å². The highest BCUT2D eigenvalue weighted by atomic mass is 28.5. The van der Waals surface area contributed by atoms with E-state index >= 15 is 0 Å². The van der Waals surface area contributed by atoms with Crippen molar-refractivity contribution in [2.75, 3.05) is 13.2 Å². The van der Waals surface area contributed by atoms with Crippen LogP contribution in [-0.2, 0) is 13.0 Å². The number of alkyl halides is 13. The molecule has 0 aromatic carbocycles. The second-order valence-electron chi connectivity index (χ2n) is 10.2. The summed E-state index contributed by atoms with van der Waals surface area (Å²) in [4.78, 5) is 0. The van der Waals surface area contributed by atoms with Crippen molar-refractivity contribution in [1.29, 1.82) is 0 Å². The van der Waals surface area contributed by atoms with E-state index in [2.05, 4.69) is 4.74 Å². The molecular weight excluding hydrogens is 595 g/mol. The molecule has 0 aliphatic heterocycles. The fourth-order valence-corrected chi connectivity index (χ4v) is 14.2. The van der Waals surface area contributed by atoms with E-state index in [0.717, 1.165) is 0 Å². The van der Waals surface area contributed by atoms with Gasteiger partial charge in [-0.2, -0.15) is 57.1 Å². The molecule has 0 unspecified atom stereocenters. The Morgan fingerprint density at radius 2 is 0.946 bits per heavy atom. The summed E-state index contributed by atoms with van der Waals surface area (Å²) in [6.45, 7) is 10.8. The van der Waals surface area contributed by atoms with Gasteiger partial charge in [0.15, 0.2) is 16.6 Å². The molecule has 0 atom stereocenters. The third kappa shape index (κ3) is 8.67. The smallest absolute Gasteiger partial charge is 0.434 e. The van der Waals surface area contributed by atoms with Crippen LogP contribution in [0.5, 0.6) is 0 Å². The Morgan fingerprint density at radius 3 is 1.30 bits per heavy atom. The zero-order valence-corrected chi connectivity index (χ0v) is 23.9. The first-order valence-corrected chi connectivity index (χ1v) is 19.7. The van der Waals surface area contributed by atoms with E-state index in [1.54, 1.807) is 6.55 Å². The second kappa shape index (κ2) is 11.1. The molecule has 0 aromatic heterocycles. The van der Waals surface area contributed by atoms with E-state index in [9.17, 15) is 57.1 Å². The molecule has 19 heteroatoms. The monoisotopic (exact) mass is 624 g/mol. The maximum absolute atomic E-state index is 13.8. The van der Waals surface area contributed by atoms with E-state index < -0.39 is 80.6 Å². The van der Waals surface area contributed by atoms with E-state index in [1.165, 1.54) is 11.8 Å². The molecule has 0 radical (unpaired) electrons. The summed E-state index contributed by atoms with van der Waals surface area (Å²) in [6, 6.07) is 0. The van der Waals surface area contributed by atoms with E-state index in [4.69, 9.17) is 8.23 Å². The summed E-state index contributed by atoms with van der Waals surface area (Å²) in [5, 5.41) is 0. The molecule has 0 saturated carbocycles. The van der Waals surface area contributed by atoms with Gasteiger partial charge in [0, 0.05) is 6.42 Å². The number of rotatable bonds is 14. The summed E-state index contributed by atoms with van der Waals surface area (Å²) in [6.07, 6.45) is -8.62. The molecule has 0 heterocycles. The Labute approximate surface area is 208 Å². The van der Waals surface area contributed by atoms with Crippen LogP contribution in [0.25, 0.3) is 0 Å². The molecule has 0 aromatic rings. The molecule has 222 valence electrons. The van der Waals surface area contributed by atoms with Gasteiger partial charge in [-0.1, -0.05) is 6.08 Å². The van der Waals surface area contributed by atoms with Gasteiger partial charge in [0.25, 0.3) is 0 Å². The summed E-state index contributed by atoms with van der Waals surface area (Å²) < 4.78 is 187. The van der Waals surface area contributed by atoms with Crippen LogP contribution in [-0.4, -0.2) is 74.2 Å². The molecule has 3 nitrogen and oxygen atoms in total. The summed E-state index contributed by atoms with van der Waals surface area (Å²) >= 11 is 0. The van der Waals surface area contributed by atoms with Gasteiger partial charge in [0.2, 0.25) is 0 Å². The van der Waals surface area contributed by atoms with Crippen molar-refractivity contribution in [3.8, 4) is 0 Å². The lowest BCUT2D eigenvalue weighted by molar-refractivity contribution is -0.440. The minimum Gasteiger partial charge on any atom is -0.434 e. The fourth-order valence-electron chi connectivity index (χ4n) is 2.88. The minimum absolute atomic E-state index is 0.576. The average molecular weight is 625 g/mol. The normalized spacial score (nSPS) is 16.1. The zero-order chi connectivity index (χ0) is 30.2. The van der Waals surface area contributed by atoms with Crippen LogP contribution in [0.15, 0.2) is 11.8 Å². The van der Waals surface area contributed by atoms with Gasteiger partial charge >= 0.3 is 44.3 Å². The van der Waals surface area contributed by atoms with E-state index in [1.807, 2.05) is 39.3 Å². The first-order valence-electron chi connectivity index (χ1n) is 10.5.